The van der Waals surface area contributed by atoms with Crippen molar-refractivity contribution < 1.29 is 17.9 Å². The highest BCUT2D eigenvalue weighted by atomic mass is 32.2. The van der Waals surface area contributed by atoms with Crippen molar-refractivity contribution in [1.29, 1.82) is 5.26 Å². The predicted octanol–water partition coefficient (Wildman–Crippen LogP) is 1.33. The molecule has 1 saturated carbocycles. The Bertz CT molecular complexity index is 449. The maximum atomic E-state index is 11.9. The molecule has 1 rings (SSSR count). The van der Waals surface area contributed by atoms with E-state index in [-0.39, 0.29) is 24.7 Å². The van der Waals surface area contributed by atoms with Crippen LogP contribution < -0.4 is 4.72 Å². The Kier molecular flexibility index (Phi) is 6.96. The first-order valence-corrected chi connectivity index (χ1v) is 8.69. The Morgan fingerprint density at radius 3 is 2.60 bits per heavy atom. The molecule has 0 spiro atoms. The van der Waals surface area contributed by atoms with Gasteiger partial charge in [-0.15, -0.1) is 0 Å². The van der Waals surface area contributed by atoms with Crippen molar-refractivity contribution in [2.24, 2.45) is 5.92 Å². The molecule has 0 bridgehead atoms. The summed E-state index contributed by atoms with van der Waals surface area (Å²) in [6.45, 7) is 1.90. The van der Waals surface area contributed by atoms with Crippen LogP contribution in [0.25, 0.3) is 0 Å². The van der Waals surface area contributed by atoms with Crippen LogP contribution >= 0.6 is 0 Å². The zero-order valence-corrected chi connectivity index (χ0v) is 12.6. The monoisotopic (exact) mass is 302 g/mol. The van der Waals surface area contributed by atoms with E-state index in [1.807, 2.05) is 6.07 Å². The number of sulfonamides is 1. The Morgan fingerprint density at radius 1 is 1.40 bits per heavy atom. The Morgan fingerprint density at radius 2 is 2.05 bits per heavy atom. The van der Waals surface area contributed by atoms with Crippen LogP contribution in [0.15, 0.2) is 0 Å². The average Bonchev–Trinajstić information content (AvgIpc) is 2.44. The first-order chi connectivity index (χ1) is 9.48. The van der Waals surface area contributed by atoms with Gasteiger partial charge in [-0.1, -0.05) is 19.3 Å². The van der Waals surface area contributed by atoms with E-state index >= 15 is 0 Å². The van der Waals surface area contributed by atoms with E-state index in [1.165, 1.54) is 0 Å². The van der Waals surface area contributed by atoms with E-state index in [2.05, 4.69) is 9.46 Å². The van der Waals surface area contributed by atoms with Crippen LogP contribution in [-0.4, -0.2) is 32.8 Å². The fourth-order valence-corrected chi connectivity index (χ4v) is 3.58. The zero-order valence-electron chi connectivity index (χ0n) is 11.8. The molecule has 0 heterocycles. The molecule has 0 amide bonds. The van der Waals surface area contributed by atoms with Crippen LogP contribution in [0.1, 0.15) is 45.4 Å². The number of rotatable bonds is 7. The Balaban J connectivity index is 2.50. The maximum Gasteiger partial charge on any atom is 0.306 e. The summed E-state index contributed by atoms with van der Waals surface area (Å²) in [6.07, 6.45) is 4.77. The fraction of sp³-hybridized carbons (Fsp3) is 0.846. The SMILES string of the molecule is CCOC(=O)CCS(=O)(=O)NC(C#N)C1CCCCC1. The Hall–Kier alpha value is -1.13. The van der Waals surface area contributed by atoms with E-state index in [0.717, 1.165) is 32.1 Å². The van der Waals surface area contributed by atoms with Crippen molar-refractivity contribution in [3.63, 3.8) is 0 Å². The van der Waals surface area contributed by atoms with Crippen molar-refractivity contribution >= 4 is 16.0 Å². The van der Waals surface area contributed by atoms with Gasteiger partial charge in [0.1, 0.15) is 6.04 Å². The molecule has 0 aromatic rings. The van der Waals surface area contributed by atoms with Gasteiger partial charge in [-0.2, -0.15) is 9.98 Å². The van der Waals surface area contributed by atoms with Crippen LogP contribution in [0, 0.1) is 17.2 Å². The second-order valence-electron chi connectivity index (χ2n) is 5.00. The summed E-state index contributed by atoms with van der Waals surface area (Å²) >= 11 is 0. The molecule has 20 heavy (non-hydrogen) atoms. The lowest BCUT2D eigenvalue weighted by Crippen LogP contribution is -2.41. The van der Waals surface area contributed by atoms with Gasteiger partial charge in [0.2, 0.25) is 10.0 Å². The van der Waals surface area contributed by atoms with Crippen molar-refractivity contribution in [3.8, 4) is 6.07 Å². The van der Waals surface area contributed by atoms with E-state index in [4.69, 9.17) is 5.26 Å². The molecule has 0 aromatic heterocycles. The largest absolute Gasteiger partial charge is 0.466 e. The second kappa shape index (κ2) is 8.22. The lowest BCUT2D eigenvalue weighted by Gasteiger charge is -2.26. The summed E-state index contributed by atoms with van der Waals surface area (Å²) in [5.74, 6) is -0.799. The van der Waals surface area contributed by atoms with Gasteiger partial charge in [-0.3, -0.25) is 4.79 Å². The molecule has 1 unspecified atom stereocenters. The van der Waals surface area contributed by atoms with E-state index in [0.29, 0.717) is 0 Å². The number of esters is 1. The summed E-state index contributed by atoms with van der Waals surface area (Å²) in [5.41, 5.74) is 0. The molecule has 1 aliphatic carbocycles. The van der Waals surface area contributed by atoms with Crippen molar-refractivity contribution in [2.45, 2.75) is 51.5 Å². The lowest BCUT2D eigenvalue weighted by molar-refractivity contribution is -0.142. The topological polar surface area (TPSA) is 96.3 Å². The molecule has 0 aliphatic heterocycles. The summed E-state index contributed by atoms with van der Waals surface area (Å²) in [7, 11) is -3.63. The van der Waals surface area contributed by atoms with Crippen LogP contribution in [0.4, 0.5) is 0 Å². The van der Waals surface area contributed by atoms with Crippen LogP contribution in [0.5, 0.6) is 0 Å². The van der Waals surface area contributed by atoms with Crippen molar-refractivity contribution in [1.82, 2.24) is 4.72 Å². The third-order valence-corrected chi connectivity index (χ3v) is 4.80. The molecule has 114 valence electrons. The molecule has 1 atom stereocenters. The predicted molar refractivity (Wildman–Crippen MR) is 74.1 cm³/mol. The number of hydrogen-bond acceptors (Lipinski definition) is 5. The minimum absolute atomic E-state index is 0.0751. The molecular weight excluding hydrogens is 280 g/mol. The number of carbonyl (C=O) groups is 1. The molecule has 0 aromatic carbocycles. The molecule has 1 N–H and O–H groups in total. The number of nitrogens with zero attached hydrogens (tertiary/aromatic N) is 1. The van der Waals surface area contributed by atoms with E-state index in [9.17, 15) is 13.2 Å². The molecule has 0 radical (unpaired) electrons. The van der Waals surface area contributed by atoms with Gasteiger partial charge in [0, 0.05) is 0 Å². The number of hydrogen-bond donors (Lipinski definition) is 1. The summed E-state index contributed by atoms with van der Waals surface area (Å²) in [6, 6.07) is 1.34. The second-order valence-corrected chi connectivity index (χ2v) is 6.87. The third kappa shape index (κ3) is 5.88. The van der Waals surface area contributed by atoms with Crippen LogP contribution in [0.3, 0.4) is 0 Å². The van der Waals surface area contributed by atoms with Gasteiger partial charge in [0.15, 0.2) is 0 Å². The molecule has 0 saturated heterocycles. The third-order valence-electron chi connectivity index (χ3n) is 3.45. The quantitative estimate of drug-likeness (QED) is 0.716. The van der Waals surface area contributed by atoms with Gasteiger partial charge in [0.05, 0.1) is 24.8 Å². The van der Waals surface area contributed by atoms with Gasteiger partial charge in [-0.25, -0.2) is 8.42 Å². The normalized spacial score (nSPS) is 18.2. The van der Waals surface area contributed by atoms with Crippen LogP contribution in [-0.2, 0) is 19.6 Å². The maximum absolute atomic E-state index is 11.9. The average molecular weight is 302 g/mol. The summed E-state index contributed by atoms with van der Waals surface area (Å²) in [4.78, 5) is 11.2. The Labute approximate surface area is 120 Å². The van der Waals surface area contributed by atoms with E-state index < -0.39 is 22.0 Å². The lowest BCUT2D eigenvalue weighted by atomic mass is 9.85. The molecule has 1 aliphatic rings. The van der Waals surface area contributed by atoms with Gasteiger partial charge in [-0.05, 0) is 25.7 Å². The molecular formula is C13H22N2O4S. The van der Waals surface area contributed by atoms with Crippen LogP contribution in [0.2, 0.25) is 0 Å². The number of nitriles is 1. The number of ether oxygens (including phenoxy) is 1. The first-order valence-electron chi connectivity index (χ1n) is 7.03. The highest BCUT2D eigenvalue weighted by Crippen LogP contribution is 2.26. The van der Waals surface area contributed by atoms with Crippen molar-refractivity contribution in [2.75, 3.05) is 12.4 Å². The number of nitrogens with one attached hydrogen (secondary N) is 1. The first kappa shape index (κ1) is 16.9. The number of carbonyl (C=O) groups excluding carboxylic acids is 1. The van der Waals surface area contributed by atoms with Gasteiger partial charge in [0.25, 0.3) is 0 Å². The van der Waals surface area contributed by atoms with E-state index in [1.54, 1.807) is 6.92 Å². The van der Waals surface area contributed by atoms with Gasteiger partial charge >= 0.3 is 5.97 Å². The minimum Gasteiger partial charge on any atom is -0.466 e. The molecule has 6 nitrogen and oxygen atoms in total. The summed E-state index contributed by atoms with van der Waals surface area (Å²) in [5, 5.41) is 9.13. The van der Waals surface area contributed by atoms with Crippen molar-refractivity contribution in [3.05, 3.63) is 0 Å². The summed E-state index contributed by atoms with van der Waals surface area (Å²) < 4.78 is 30.9. The standard InChI is InChI=1S/C13H22N2O4S/c1-2-19-13(16)8-9-20(17,18)15-12(10-14)11-6-4-3-5-7-11/h11-12,15H,2-9H2,1H3. The van der Waals surface area contributed by atoms with Gasteiger partial charge < -0.3 is 4.74 Å². The molecule has 1 fully saturated rings. The minimum atomic E-state index is -3.63. The zero-order chi connectivity index (χ0) is 15.0. The highest BCUT2D eigenvalue weighted by Gasteiger charge is 2.27. The fourth-order valence-electron chi connectivity index (χ4n) is 2.40. The highest BCUT2D eigenvalue weighted by molar-refractivity contribution is 7.89. The smallest absolute Gasteiger partial charge is 0.306 e. The molecule has 7 heteroatoms.